The fourth-order valence-corrected chi connectivity index (χ4v) is 3.21. The zero-order valence-electron chi connectivity index (χ0n) is 11.1. The molecule has 0 spiro atoms. The smallest absolute Gasteiger partial charge is 0.225 e. The predicted molar refractivity (Wildman–Crippen MR) is 83.2 cm³/mol. The van der Waals surface area contributed by atoms with Gasteiger partial charge in [0.2, 0.25) is 5.91 Å². The molecule has 0 unspecified atom stereocenters. The molecule has 0 heterocycles. The summed E-state index contributed by atoms with van der Waals surface area (Å²) in [6.07, 6.45) is -0.107. The number of sulfone groups is 1. The number of carbonyl (C=O) groups excluding carboxylic acids is 1. The van der Waals surface area contributed by atoms with E-state index in [-0.39, 0.29) is 23.0 Å². The van der Waals surface area contributed by atoms with E-state index in [4.69, 9.17) is 11.6 Å². The third-order valence-corrected chi connectivity index (χ3v) is 4.78. The highest BCUT2D eigenvalue weighted by atomic mass is 35.5. The second-order valence-electron chi connectivity index (χ2n) is 4.44. The van der Waals surface area contributed by atoms with E-state index in [2.05, 4.69) is 5.32 Å². The molecule has 0 fully saturated rings. The van der Waals surface area contributed by atoms with Crippen molar-refractivity contribution in [2.75, 3.05) is 11.1 Å². The molecule has 110 valence electrons. The van der Waals surface area contributed by atoms with Gasteiger partial charge >= 0.3 is 0 Å². The van der Waals surface area contributed by atoms with Gasteiger partial charge < -0.3 is 5.32 Å². The lowest BCUT2D eigenvalue weighted by Gasteiger charge is -2.06. The highest BCUT2D eigenvalue weighted by molar-refractivity contribution is 7.91. The van der Waals surface area contributed by atoms with Crippen LogP contribution < -0.4 is 5.32 Å². The van der Waals surface area contributed by atoms with E-state index < -0.39 is 9.84 Å². The molecule has 2 aromatic rings. The van der Waals surface area contributed by atoms with Crippen molar-refractivity contribution in [1.82, 2.24) is 0 Å². The first kappa shape index (κ1) is 15.5. The van der Waals surface area contributed by atoms with Gasteiger partial charge in [-0.2, -0.15) is 0 Å². The van der Waals surface area contributed by atoms with E-state index in [1.54, 1.807) is 42.5 Å². The van der Waals surface area contributed by atoms with Crippen LogP contribution in [-0.2, 0) is 14.6 Å². The molecule has 21 heavy (non-hydrogen) atoms. The van der Waals surface area contributed by atoms with Crippen molar-refractivity contribution in [3.63, 3.8) is 0 Å². The molecule has 0 aromatic heterocycles. The van der Waals surface area contributed by atoms with E-state index in [0.717, 1.165) is 0 Å². The Hall–Kier alpha value is -1.85. The molecule has 0 bridgehead atoms. The van der Waals surface area contributed by atoms with Crippen LogP contribution in [0.5, 0.6) is 0 Å². The Balaban J connectivity index is 1.95. The first-order valence-electron chi connectivity index (χ1n) is 6.30. The molecule has 2 rings (SSSR count). The Bertz CT molecular complexity index is 730. The molecule has 0 aliphatic carbocycles. The molecule has 0 aliphatic heterocycles. The molecule has 0 saturated heterocycles. The molecule has 0 saturated carbocycles. The Morgan fingerprint density at radius 3 is 2.43 bits per heavy atom. The van der Waals surface area contributed by atoms with Crippen LogP contribution in [0.2, 0.25) is 5.02 Å². The number of anilines is 1. The first-order chi connectivity index (χ1) is 9.97. The Labute approximate surface area is 128 Å². The van der Waals surface area contributed by atoms with Crippen molar-refractivity contribution in [2.45, 2.75) is 11.3 Å². The van der Waals surface area contributed by atoms with E-state index >= 15 is 0 Å². The van der Waals surface area contributed by atoms with E-state index in [9.17, 15) is 13.2 Å². The summed E-state index contributed by atoms with van der Waals surface area (Å²) in [6.45, 7) is 0. The summed E-state index contributed by atoms with van der Waals surface area (Å²) in [6, 6.07) is 14.8. The summed E-state index contributed by atoms with van der Waals surface area (Å²) in [5, 5.41) is 3.12. The van der Waals surface area contributed by atoms with Gasteiger partial charge in [0.25, 0.3) is 0 Å². The zero-order chi connectivity index (χ0) is 15.3. The number of benzene rings is 2. The number of carbonyl (C=O) groups is 1. The van der Waals surface area contributed by atoms with Crippen molar-refractivity contribution in [3.05, 3.63) is 59.6 Å². The van der Waals surface area contributed by atoms with E-state index in [1.165, 1.54) is 12.1 Å². The van der Waals surface area contributed by atoms with Gasteiger partial charge in [-0.3, -0.25) is 4.79 Å². The van der Waals surface area contributed by atoms with Crippen LogP contribution in [-0.4, -0.2) is 20.1 Å². The van der Waals surface area contributed by atoms with Gasteiger partial charge in [-0.25, -0.2) is 8.42 Å². The highest BCUT2D eigenvalue weighted by Gasteiger charge is 2.16. The SMILES string of the molecule is O=C(CCS(=O)(=O)c1ccccc1)Nc1cccc(Cl)c1. The topological polar surface area (TPSA) is 63.2 Å². The third-order valence-electron chi connectivity index (χ3n) is 2.81. The summed E-state index contributed by atoms with van der Waals surface area (Å²) in [5.74, 6) is -0.597. The van der Waals surface area contributed by atoms with Crippen molar-refractivity contribution in [1.29, 1.82) is 0 Å². The largest absolute Gasteiger partial charge is 0.326 e. The normalized spacial score (nSPS) is 11.1. The predicted octanol–water partition coefficient (Wildman–Crippen LogP) is 3.14. The van der Waals surface area contributed by atoms with Crippen molar-refractivity contribution >= 4 is 33.0 Å². The molecule has 4 nitrogen and oxygen atoms in total. The van der Waals surface area contributed by atoms with Crippen LogP contribution in [0.15, 0.2) is 59.5 Å². The van der Waals surface area contributed by atoms with Gasteiger partial charge in [-0.15, -0.1) is 0 Å². The average molecular weight is 324 g/mol. The molecular weight excluding hydrogens is 310 g/mol. The minimum Gasteiger partial charge on any atom is -0.326 e. The monoisotopic (exact) mass is 323 g/mol. The van der Waals surface area contributed by atoms with Crippen LogP contribution in [0.25, 0.3) is 0 Å². The van der Waals surface area contributed by atoms with Gasteiger partial charge in [0.05, 0.1) is 10.6 Å². The Morgan fingerprint density at radius 2 is 1.76 bits per heavy atom. The Kier molecular flexibility index (Phi) is 4.98. The highest BCUT2D eigenvalue weighted by Crippen LogP contribution is 2.16. The number of nitrogens with one attached hydrogen (secondary N) is 1. The van der Waals surface area contributed by atoms with Gasteiger partial charge in [-0.1, -0.05) is 35.9 Å². The van der Waals surface area contributed by atoms with Crippen molar-refractivity contribution in [2.24, 2.45) is 0 Å². The first-order valence-corrected chi connectivity index (χ1v) is 8.34. The van der Waals surface area contributed by atoms with Crippen LogP contribution in [0.1, 0.15) is 6.42 Å². The van der Waals surface area contributed by atoms with Crippen LogP contribution in [0.3, 0.4) is 0 Å². The summed E-state index contributed by atoms with van der Waals surface area (Å²) >= 11 is 5.81. The fraction of sp³-hybridized carbons (Fsp3) is 0.133. The van der Waals surface area contributed by atoms with Crippen LogP contribution in [0, 0.1) is 0 Å². The molecule has 6 heteroatoms. The fourth-order valence-electron chi connectivity index (χ4n) is 1.76. The number of amides is 1. The maximum absolute atomic E-state index is 12.0. The molecular formula is C15H14ClNO3S. The van der Waals surface area contributed by atoms with Gasteiger partial charge in [0.15, 0.2) is 9.84 Å². The molecule has 2 aromatic carbocycles. The minimum absolute atomic E-state index is 0.107. The van der Waals surface area contributed by atoms with Gasteiger partial charge in [-0.05, 0) is 30.3 Å². The van der Waals surface area contributed by atoms with Crippen LogP contribution in [0.4, 0.5) is 5.69 Å². The lowest BCUT2D eigenvalue weighted by atomic mass is 10.3. The van der Waals surface area contributed by atoms with Crippen molar-refractivity contribution in [3.8, 4) is 0 Å². The number of hydrogen-bond donors (Lipinski definition) is 1. The Morgan fingerprint density at radius 1 is 1.05 bits per heavy atom. The van der Waals surface area contributed by atoms with Crippen LogP contribution >= 0.6 is 11.6 Å². The van der Waals surface area contributed by atoms with E-state index in [0.29, 0.717) is 10.7 Å². The average Bonchev–Trinajstić information content (AvgIpc) is 2.46. The third kappa shape index (κ3) is 4.58. The summed E-state index contributed by atoms with van der Waals surface area (Å²) in [4.78, 5) is 12.0. The quantitative estimate of drug-likeness (QED) is 0.919. The molecule has 1 N–H and O–H groups in total. The second kappa shape index (κ2) is 6.74. The van der Waals surface area contributed by atoms with Gasteiger partial charge in [0.1, 0.15) is 0 Å². The number of rotatable bonds is 5. The maximum atomic E-state index is 12.0. The molecule has 1 amide bonds. The summed E-state index contributed by atoms with van der Waals surface area (Å²) in [5.41, 5.74) is 0.546. The molecule has 0 aliphatic rings. The standard InChI is InChI=1S/C15H14ClNO3S/c16-12-5-4-6-13(11-12)17-15(18)9-10-21(19,20)14-7-2-1-3-8-14/h1-8,11H,9-10H2,(H,17,18). The molecule has 0 radical (unpaired) electrons. The van der Waals surface area contributed by atoms with E-state index in [1.807, 2.05) is 0 Å². The van der Waals surface area contributed by atoms with Gasteiger partial charge in [0, 0.05) is 17.1 Å². The lowest BCUT2D eigenvalue weighted by molar-refractivity contribution is -0.115. The summed E-state index contributed by atoms with van der Waals surface area (Å²) in [7, 11) is -3.44. The number of halogens is 1. The maximum Gasteiger partial charge on any atom is 0.225 e. The zero-order valence-corrected chi connectivity index (χ0v) is 12.7. The lowest BCUT2D eigenvalue weighted by Crippen LogP contribution is -2.17. The number of hydrogen-bond acceptors (Lipinski definition) is 3. The summed E-state index contributed by atoms with van der Waals surface area (Å²) < 4.78 is 24.1. The second-order valence-corrected chi connectivity index (χ2v) is 6.99. The molecule has 0 atom stereocenters. The minimum atomic E-state index is -3.44. The van der Waals surface area contributed by atoms with Crippen molar-refractivity contribution < 1.29 is 13.2 Å².